The maximum atomic E-state index is 13.7. The van der Waals surface area contributed by atoms with Gasteiger partial charge in [0.2, 0.25) is 5.91 Å². The number of likely N-dealkylation sites (N-methyl/N-ethyl adjacent to an activating group) is 1. The molecule has 1 aromatic carbocycles. The first kappa shape index (κ1) is 26.6. The number of pyridine rings is 1. The molecule has 3 fully saturated rings. The molecule has 1 amide bonds. The highest BCUT2D eigenvalue weighted by Crippen LogP contribution is 2.57. The highest BCUT2D eigenvalue weighted by atomic mass is 35.5. The van der Waals surface area contributed by atoms with E-state index in [1.165, 1.54) is 6.07 Å². The molecule has 4 heterocycles. The molecule has 0 N–H and O–H groups in total. The van der Waals surface area contributed by atoms with E-state index in [4.69, 9.17) is 11.6 Å². The van der Waals surface area contributed by atoms with Crippen LogP contribution in [-0.4, -0.2) is 68.2 Å². The van der Waals surface area contributed by atoms with Crippen LogP contribution < -0.4 is 4.90 Å². The van der Waals surface area contributed by atoms with Gasteiger partial charge in [0.05, 0.1) is 12.2 Å². The van der Waals surface area contributed by atoms with Crippen LogP contribution in [0.25, 0.3) is 5.69 Å². The van der Waals surface area contributed by atoms with E-state index >= 15 is 0 Å². The molecule has 3 aromatic rings. The third kappa shape index (κ3) is 4.20. The molecule has 0 radical (unpaired) electrons. The Hall–Kier alpha value is -3.25. The van der Waals surface area contributed by atoms with Gasteiger partial charge in [-0.2, -0.15) is 13.2 Å². The van der Waals surface area contributed by atoms with Crippen molar-refractivity contribution in [2.24, 2.45) is 5.41 Å². The molecule has 2 aromatic heterocycles. The normalized spacial score (nSPS) is 21.0. The molecule has 1 saturated heterocycles. The summed E-state index contributed by atoms with van der Waals surface area (Å²) >= 11 is 6.41. The maximum absolute atomic E-state index is 13.7. The molecule has 1 spiro atoms. The highest BCUT2D eigenvalue weighted by Gasteiger charge is 2.57. The summed E-state index contributed by atoms with van der Waals surface area (Å²) in [4.78, 5) is 22.3. The number of rotatable bonds is 4. The average molecular weight is 590 g/mol. The van der Waals surface area contributed by atoms with E-state index in [1.54, 1.807) is 23.9 Å². The van der Waals surface area contributed by atoms with Gasteiger partial charge in [-0.15, -0.1) is 10.2 Å². The molecule has 0 unspecified atom stereocenters. The first-order valence-corrected chi connectivity index (χ1v) is 14.0. The first-order chi connectivity index (χ1) is 19.4. The van der Waals surface area contributed by atoms with Crippen LogP contribution in [0.15, 0.2) is 30.3 Å². The van der Waals surface area contributed by atoms with Gasteiger partial charge in [-0.3, -0.25) is 14.3 Å². The zero-order valence-electron chi connectivity index (χ0n) is 22.5. The number of nitrogens with zero attached hydrogens (tertiary/aromatic N) is 7. The summed E-state index contributed by atoms with van der Waals surface area (Å²) in [5.41, 5.74) is -0.142. The molecular weight excluding hydrogens is 562 g/mol. The minimum atomic E-state index is -4.84. The fourth-order valence-corrected chi connectivity index (χ4v) is 7.15. The zero-order chi connectivity index (χ0) is 28.9. The molecule has 8 nitrogen and oxygen atoms in total. The van der Waals surface area contributed by atoms with Crippen molar-refractivity contribution in [1.29, 1.82) is 0 Å². The van der Waals surface area contributed by atoms with Crippen molar-refractivity contribution in [2.45, 2.75) is 56.4 Å². The van der Waals surface area contributed by atoms with Crippen LogP contribution in [-0.2, 0) is 24.1 Å². The molecule has 13 heteroatoms. The Morgan fingerprint density at radius 2 is 1.80 bits per heavy atom. The van der Waals surface area contributed by atoms with Crippen LogP contribution in [0.3, 0.4) is 0 Å². The number of anilines is 1. The minimum Gasteiger partial charge on any atom is -0.355 e. The van der Waals surface area contributed by atoms with Crippen molar-refractivity contribution in [1.82, 2.24) is 29.5 Å². The highest BCUT2D eigenvalue weighted by molar-refractivity contribution is 6.30. The van der Waals surface area contributed by atoms with Crippen LogP contribution >= 0.6 is 11.6 Å². The Balaban J connectivity index is 1.13. The SMILES string of the molecule is CN(C)C(=O)C1(N2Cc3cc(Cl)ccc3-n3c(nnc3C3CC4(C3)CN(c3ccc(F)c(C(F)(F)F)n3)C4)C2)CC1. The van der Waals surface area contributed by atoms with Crippen molar-refractivity contribution < 1.29 is 22.4 Å². The monoisotopic (exact) mass is 589 g/mol. The molecule has 216 valence electrons. The lowest BCUT2D eigenvalue weighted by Crippen LogP contribution is -2.62. The van der Waals surface area contributed by atoms with Gasteiger partial charge in [0.15, 0.2) is 17.3 Å². The predicted molar refractivity (Wildman–Crippen MR) is 142 cm³/mol. The topological polar surface area (TPSA) is 70.4 Å². The zero-order valence-corrected chi connectivity index (χ0v) is 23.3. The summed E-state index contributed by atoms with van der Waals surface area (Å²) in [7, 11) is 3.56. The first-order valence-electron chi connectivity index (χ1n) is 13.6. The number of carbonyl (C=O) groups is 1. The second-order valence-electron chi connectivity index (χ2n) is 12.1. The maximum Gasteiger partial charge on any atom is 0.436 e. The third-order valence-corrected chi connectivity index (χ3v) is 9.30. The van der Waals surface area contributed by atoms with Crippen LogP contribution in [0, 0.1) is 11.2 Å². The van der Waals surface area contributed by atoms with Gasteiger partial charge in [0, 0.05) is 50.1 Å². The molecule has 0 atom stereocenters. The van der Waals surface area contributed by atoms with Crippen molar-refractivity contribution >= 4 is 23.3 Å². The van der Waals surface area contributed by atoms with Gasteiger partial charge in [-0.25, -0.2) is 9.37 Å². The largest absolute Gasteiger partial charge is 0.436 e. The molecule has 4 aliphatic rings. The Morgan fingerprint density at radius 3 is 2.46 bits per heavy atom. The number of hydrogen-bond acceptors (Lipinski definition) is 6. The summed E-state index contributed by atoms with van der Waals surface area (Å²) in [5, 5.41) is 9.81. The Labute approximate surface area is 238 Å². The summed E-state index contributed by atoms with van der Waals surface area (Å²) < 4.78 is 55.3. The molecule has 7 rings (SSSR count). The third-order valence-electron chi connectivity index (χ3n) is 9.06. The second kappa shape index (κ2) is 8.87. The fourth-order valence-electron chi connectivity index (χ4n) is 6.95. The number of alkyl halides is 3. The lowest BCUT2D eigenvalue weighted by molar-refractivity contribution is -0.143. The van der Waals surface area contributed by atoms with Crippen molar-refractivity contribution in [3.8, 4) is 5.69 Å². The summed E-state index contributed by atoms with van der Waals surface area (Å²) in [5.74, 6) is 0.590. The van der Waals surface area contributed by atoms with E-state index in [-0.39, 0.29) is 23.1 Å². The predicted octanol–water partition coefficient (Wildman–Crippen LogP) is 4.79. The number of aromatic nitrogens is 4. The summed E-state index contributed by atoms with van der Waals surface area (Å²) in [6.07, 6.45) is -1.65. The van der Waals surface area contributed by atoms with E-state index in [0.717, 1.165) is 54.6 Å². The van der Waals surface area contributed by atoms with Crippen LogP contribution in [0.1, 0.15) is 54.5 Å². The number of halogens is 5. The van der Waals surface area contributed by atoms with Gasteiger partial charge in [-0.1, -0.05) is 11.6 Å². The number of carbonyl (C=O) groups excluding carboxylic acids is 1. The molecule has 0 bridgehead atoms. The Kier molecular flexibility index (Phi) is 5.77. The van der Waals surface area contributed by atoms with E-state index in [2.05, 4.69) is 24.6 Å². The van der Waals surface area contributed by atoms with E-state index in [9.17, 15) is 22.4 Å². The summed E-state index contributed by atoms with van der Waals surface area (Å²) in [6, 6.07) is 7.89. The standard InChI is InChI=1S/C28H28ClF4N7O/c1-37(2)25(41)27(7-8-27)39-12-16-9-18(29)3-5-20(16)40-22(13-39)35-36-24(40)17-10-26(11-17)14-38(15-26)21-6-4-19(30)23(34-21)28(31,32)33/h3-6,9,17H,7-8,10-15H2,1-2H3. The lowest BCUT2D eigenvalue weighted by Gasteiger charge is -2.59. The number of fused-ring (bicyclic) bond motifs is 3. The van der Waals surface area contributed by atoms with Gasteiger partial charge in [-0.05, 0) is 61.6 Å². The number of hydrogen-bond donors (Lipinski definition) is 0. The lowest BCUT2D eigenvalue weighted by atomic mass is 9.57. The molecule has 2 saturated carbocycles. The van der Waals surface area contributed by atoms with Crippen molar-refractivity contribution in [2.75, 3.05) is 32.1 Å². The van der Waals surface area contributed by atoms with Crippen LogP contribution in [0.4, 0.5) is 23.4 Å². The van der Waals surface area contributed by atoms with Crippen molar-refractivity contribution in [3.05, 3.63) is 64.1 Å². The minimum absolute atomic E-state index is 0.0543. The molecular formula is C28H28ClF4N7O. The fraction of sp³-hybridized carbons (Fsp3) is 0.500. The number of amides is 1. The number of benzene rings is 1. The molecule has 2 aliphatic carbocycles. The Bertz CT molecular complexity index is 1550. The van der Waals surface area contributed by atoms with E-state index < -0.39 is 23.2 Å². The summed E-state index contributed by atoms with van der Waals surface area (Å²) in [6.45, 7) is 2.14. The van der Waals surface area contributed by atoms with Crippen molar-refractivity contribution in [3.63, 3.8) is 0 Å². The van der Waals surface area contributed by atoms with Gasteiger partial charge < -0.3 is 9.80 Å². The quantitative estimate of drug-likeness (QED) is 0.408. The average Bonchev–Trinajstić information content (AvgIpc) is 3.60. The Morgan fingerprint density at radius 1 is 1.07 bits per heavy atom. The van der Waals surface area contributed by atoms with Gasteiger partial charge in [0.25, 0.3) is 0 Å². The van der Waals surface area contributed by atoms with E-state index in [0.29, 0.717) is 31.2 Å². The molecule has 2 aliphatic heterocycles. The van der Waals surface area contributed by atoms with Gasteiger partial charge in [0.1, 0.15) is 17.2 Å². The second-order valence-corrected chi connectivity index (χ2v) is 12.6. The molecule has 41 heavy (non-hydrogen) atoms. The van der Waals surface area contributed by atoms with Gasteiger partial charge >= 0.3 is 6.18 Å². The van der Waals surface area contributed by atoms with Crippen LogP contribution in [0.2, 0.25) is 5.02 Å². The smallest absolute Gasteiger partial charge is 0.355 e. The van der Waals surface area contributed by atoms with Crippen LogP contribution in [0.5, 0.6) is 0 Å². The van der Waals surface area contributed by atoms with E-state index in [1.807, 2.05) is 18.2 Å².